The van der Waals surface area contributed by atoms with Gasteiger partial charge in [0.2, 0.25) is 0 Å². The molecule has 0 aliphatic rings. The lowest BCUT2D eigenvalue weighted by Gasteiger charge is -2.33. The highest BCUT2D eigenvalue weighted by Crippen LogP contribution is 2.61. The molecule has 0 aliphatic heterocycles. The van der Waals surface area contributed by atoms with Gasteiger partial charge in [0.05, 0.1) is 0 Å². The Morgan fingerprint density at radius 2 is 0.402 bits per heavy atom. The summed E-state index contributed by atoms with van der Waals surface area (Å²) in [4.78, 5) is 0. The van der Waals surface area contributed by atoms with E-state index in [0.717, 1.165) is 49.4 Å². The summed E-state index contributed by atoms with van der Waals surface area (Å²) in [6, 6.07) is 38.9. The lowest BCUT2D eigenvalue weighted by molar-refractivity contribution is 0.437. The zero-order valence-corrected chi connectivity index (χ0v) is 52.7. The molecule has 0 nitrogen and oxygen atoms in total. The topological polar surface area (TPSA) is 0 Å². The van der Waals surface area contributed by atoms with Crippen molar-refractivity contribution in [1.29, 1.82) is 0 Å². The Hall–Kier alpha value is -5.46. The van der Waals surface area contributed by atoms with Crippen LogP contribution in [0.5, 0.6) is 0 Å². The standard InChI is InChI=1S/C82H96/c1-47(2)19-13-23-51(9)31-35-55-39-63-59-27-17-28-60-65-41-57(37-33-53(11)25-15-21-49(5)6)45-69-70-46-58(38-34-54(12)26-16-22-50(7)8)42-66-62-30-18-29-61-64-40-56(36-32-52(10)24-14-20-48(3)4)44-68-67(43-55)73(63)79-77(71(59)60)81(75(65)69)82(76(66)70)78(72(61)62)80(79)74(64)68/h27-30,39-54H,13-16,19-26,31-38H2,1-12H3/q-2. The highest BCUT2D eigenvalue weighted by molar-refractivity contribution is 6.61. The van der Waals surface area contributed by atoms with Gasteiger partial charge in [-0.2, -0.15) is 36.4 Å². The number of hydrogen-bond donors (Lipinski definition) is 0. The van der Waals surface area contributed by atoms with E-state index in [2.05, 4.69) is 168 Å². The fourth-order valence-corrected chi connectivity index (χ4v) is 16.5. The summed E-state index contributed by atoms with van der Waals surface area (Å²) in [5, 5.41) is 35.2. The molecule has 13 aromatic rings. The zero-order chi connectivity index (χ0) is 56.8. The Bertz CT molecular complexity index is 3760. The molecular weight excluding hydrogens is 985 g/mol. The molecule has 0 aromatic heterocycles. The zero-order valence-electron chi connectivity index (χ0n) is 52.7. The van der Waals surface area contributed by atoms with Crippen LogP contribution in [0.1, 0.15) is 208 Å². The van der Waals surface area contributed by atoms with Crippen LogP contribution in [0.4, 0.5) is 0 Å². The van der Waals surface area contributed by atoms with Crippen LogP contribution in [0.3, 0.4) is 0 Å². The minimum atomic E-state index is 0.700. The van der Waals surface area contributed by atoms with Crippen LogP contribution in [-0.2, 0) is 25.7 Å². The van der Waals surface area contributed by atoms with Crippen LogP contribution < -0.4 is 0 Å². The van der Waals surface area contributed by atoms with E-state index in [4.69, 9.17) is 0 Å². The van der Waals surface area contributed by atoms with E-state index < -0.39 is 0 Å². The van der Waals surface area contributed by atoms with Crippen molar-refractivity contribution in [2.24, 2.45) is 47.3 Å². The molecule has 0 spiro atoms. The summed E-state index contributed by atoms with van der Waals surface area (Å²) < 4.78 is 0. The second-order valence-electron chi connectivity index (χ2n) is 29.7. The van der Waals surface area contributed by atoms with Gasteiger partial charge in [-0.1, -0.05) is 230 Å². The monoisotopic (exact) mass is 1080 g/mol. The minimum absolute atomic E-state index is 0.700. The molecule has 0 fully saturated rings. The summed E-state index contributed by atoms with van der Waals surface area (Å²) in [5.41, 5.74) is 6.00. The van der Waals surface area contributed by atoms with Crippen molar-refractivity contribution in [3.05, 3.63) is 107 Å². The Balaban J connectivity index is 1.12. The van der Waals surface area contributed by atoms with Crippen molar-refractivity contribution in [3.8, 4) is 0 Å². The van der Waals surface area contributed by atoms with Crippen LogP contribution >= 0.6 is 0 Å². The van der Waals surface area contributed by atoms with Gasteiger partial charge in [0.15, 0.2) is 0 Å². The number of fused-ring (bicyclic) bond motifs is 6. The molecule has 82 heavy (non-hydrogen) atoms. The molecule has 0 bridgehead atoms. The van der Waals surface area contributed by atoms with Crippen LogP contribution in [-0.4, -0.2) is 0 Å². The van der Waals surface area contributed by atoms with Crippen molar-refractivity contribution < 1.29 is 0 Å². The predicted octanol–water partition coefficient (Wildman–Crippen LogP) is 25.3. The first-order valence-electron chi connectivity index (χ1n) is 33.7. The normalized spacial score (nSPS) is 14.8. The molecule has 0 radical (unpaired) electrons. The first-order valence-corrected chi connectivity index (χ1v) is 33.7. The first kappa shape index (κ1) is 55.7. The van der Waals surface area contributed by atoms with Crippen LogP contribution in [0.25, 0.3) is 129 Å². The van der Waals surface area contributed by atoms with Gasteiger partial charge in [0, 0.05) is 0 Å². The van der Waals surface area contributed by atoms with Crippen LogP contribution in [0.2, 0.25) is 0 Å². The molecular formula is C82H96-2. The van der Waals surface area contributed by atoms with E-state index >= 15 is 0 Å². The molecule has 13 rings (SSSR count). The van der Waals surface area contributed by atoms with Gasteiger partial charge in [-0.3, -0.25) is 0 Å². The van der Waals surface area contributed by atoms with Gasteiger partial charge in [-0.25, -0.2) is 0 Å². The maximum atomic E-state index is 3.89. The number of benzene rings is 13. The highest BCUT2D eigenvalue weighted by atomic mass is 14.3. The van der Waals surface area contributed by atoms with Crippen LogP contribution in [0.15, 0.2) is 72.8 Å². The number of aryl methyl sites for hydroxylation is 4. The summed E-state index contributed by atoms with van der Waals surface area (Å²) in [6.07, 6.45) is 25.2. The summed E-state index contributed by atoms with van der Waals surface area (Å²) in [7, 11) is 0. The number of rotatable bonds is 28. The molecule has 0 N–H and O–H groups in total. The Labute approximate surface area is 492 Å². The SMILES string of the molecule is CC(C)CCCC(C)CCc1cc2c3c[c-]cc4c5cc(CCC(C)CCCC(C)C)cc6c7cc(CCC(C)CCCC(C)C)cc8c9c[c-]cc%10c%11cc(CCC(C)CCCC(C)C)cc%12c(c1)c2c1c(c34)c(c56)c(c87)c(c%109)c1c%11%12. The van der Waals surface area contributed by atoms with E-state index in [1.807, 2.05) is 0 Å². The third kappa shape index (κ3) is 9.83. The average Bonchev–Trinajstić information content (AvgIpc) is 0.707. The van der Waals surface area contributed by atoms with Gasteiger partial charge >= 0.3 is 0 Å². The summed E-state index contributed by atoms with van der Waals surface area (Å²) in [5.74, 6) is 5.87. The predicted molar refractivity (Wildman–Crippen MR) is 366 cm³/mol. The number of hydrogen-bond acceptors (Lipinski definition) is 0. The van der Waals surface area contributed by atoms with E-state index in [0.29, 0.717) is 23.7 Å². The second-order valence-corrected chi connectivity index (χ2v) is 29.7. The van der Waals surface area contributed by atoms with Crippen molar-refractivity contribution in [1.82, 2.24) is 0 Å². The van der Waals surface area contributed by atoms with Crippen molar-refractivity contribution in [2.75, 3.05) is 0 Å². The van der Waals surface area contributed by atoms with Gasteiger partial charge < -0.3 is 0 Å². The summed E-state index contributed by atoms with van der Waals surface area (Å²) >= 11 is 0. The largest absolute Gasteiger partial charge is 0.183 e. The maximum absolute atomic E-state index is 3.89. The maximum Gasteiger partial charge on any atom is -0.00334 e. The fraction of sp³-hybridized carbons (Fsp3) is 0.488. The van der Waals surface area contributed by atoms with Gasteiger partial charge in [-0.05, 0) is 196 Å². The Morgan fingerprint density at radius 1 is 0.220 bits per heavy atom. The van der Waals surface area contributed by atoms with E-state index in [9.17, 15) is 0 Å². The molecule has 0 heteroatoms. The average molecular weight is 1080 g/mol. The fourth-order valence-electron chi connectivity index (χ4n) is 16.5. The van der Waals surface area contributed by atoms with Gasteiger partial charge in [0.1, 0.15) is 0 Å². The summed E-state index contributed by atoms with van der Waals surface area (Å²) in [6.45, 7) is 29.1. The third-order valence-electron chi connectivity index (χ3n) is 21.1. The minimum Gasteiger partial charge on any atom is -0.183 e. The molecule has 4 atom stereocenters. The lowest BCUT2D eigenvalue weighted by Crippen LogP contribution is -2.04. The molecule has 13 aromatic carbocycles. The lowest BCUT2D eigenvalue weighted by atomic mass is 9.72. The Kier molecular flexibility index (Phi) is 15.3. The van der Waals surface area contributed by atoms with Crippen molar-refractivity contribution >= 4 is 129 Å². The van der Waals surface area contributed by atoms with Crippen molar-refractivity contribution in [3.63, 3.8) is 0 Å². The van der Waals surface area contributed by atoms with E-state index in [-0.39, 0.29) is 0 Å². The quantitative estimate of drug-likeness (QED) is 0.0260. The van der Waals surface area contributed by atoms with Gasteiger partial charge in [-0.15, -0.1) is 32.3 Å². The molecule has 0 heterocycles. The first-order chi connectivity index (χ1) is 39.6. The molecule has 0 amide bonds. The smallest absolute Gasteiger partial charge is 0.00334 e. The highest BCUT2D eigenvalue weighted by Gasteiger charge is 2.29. The second kappa shape index (κ2) is 22.5. The Morgan fingerprint density at radius 3 is 0.598 bits per heavy atom. The van der Waals surface area contributed by atoms with Gasteiger partial charge in [0.25, 0.3) is 0 Å². The molecule has 0 saturated heterocycles. The van der Waals surface area contributed by atoms with E-state index in [1.165, 1.54) is 254 Å². The van der Waals surface area contributed by atoms with E-state index in [1.54, 1.807) is 0 Å². The molecule has 0 aliphatic carbocycles. The van der Waals surface area contributed by atoms with Crippen molar-refractivity contribution in [2.45, 2.75) is 212 Å². The molecule has 426 valence electrons. The third-order valence-corrected chi connectivity index (χ3v) is 21.1. The van der Waals surface area contributed by atoms with Crippen LogP contribution in [0, 0.1) is 59.5 Å². The molecule has 0 saturated carbocycles. The molecule has 4 unspecified atom stereocenters.